The van der Waals surface area contributed by atoms with Crippen molar-refractivity contribution < 1.29 is 13.5 Å². The van der Waals surface area contributed by atoms with Crippen LogP contribution in [0.15, 0.2) is 23.4 Å². The molecule has 0 amide bonds. The minimum atomic E-state index is -3.58. The Labute approximate surface area is 120 Å². The average molecular weight is 298 g/mol. The van der Waals surface area contributed by atoms with Gasteiger partial charge in [-0.05, 0) is 30.4 Å². The lowest BCUT2D eigenvalue weighted by Crippen LogP contribution is -2.39. The van der Waals surface area contributed by atoms with Crippen LogP contribution in [0.3, 0.4) is 0 Å². The van der Waals surface area contributed by atoms with Crippen molar-refractivity contribution in [1.82, 2.24) is 9.71 Å². The molecule has 112 valence electrons. The topological polar surface area (TPSA) is 79.3 Å². The van der Waals surface area contributed by atoms with Crippen molar-refractivity contribution in [2.75, 3.05) is 0 Å². The Bertz CT molecular complexity index is 528. The van der Waals surface area contributed by atoms with E-state index in [1.807, 2.05) is 0 Å². The highest BCUT2D eigenvalue weighted by Gasteiger charge is 2.26. The third-order valence-electron chi connectivity index (χ3n) is 3.92. The molecule has 0 aromatic carbocycles. The maximum absolute atomic E-state index is 12.3. The molecule has 1 aliphatic rings. The van der Waals surface area contributed by atoms with Gasteiger partial charge in [0.05, 0.1) is 6.61 Å². The summed E-state index contributed by atoms with van der Waals surface area (Å²) in [6.45, 7) is 1.96. The van der Waals surface area contributed by atoms with E-state index in [9.17, 15) is 8.42 Å². The highest BCUT2D eigenvalue weighted by molar-refractivity contribution is 7.89. The van der Waals surface area contributed by atoms with Gasteiger partial charge in [-0.15, -0.1) is 0 Å². The normalized spacial score (nSPS) is 24.3. The quantitative estimate of drug-likeness (QED) is 0.831. The van der Waals surface area contributed by atoms with Crippen molar-refractivity contribution in [1.29, 1.82) is 0 Å². The van der Waals surface area contributed by atoms with Crippen LogP contribution in [0.1, 0.15) is 44.6 Å². The minimum Gasteiger partial charge on any atom is -0.392 e. The van der Waals surface area contributed by atoms with Gasteiger partial charge >= 0.3 is 0 Å². The number of aromatic nitrogens is 1. The number of rotatable bonds is 4. The van der Waals surface area contributed by atoms with Crippen LogP contribution in [-0.4, -0.2) is 24.6 Å². The van der Waals surface area contributed by atoms with E-state index in [4.69, 9.17) is 5.11 Å². The molecule has 1 aromatic heterocycles. The number of hydrogen-bond acceptors (Lipinski definition) is 4. The fourth-order valence-electron chi connectivity index (χ4n) is 2.59. The van der Waals surface area contributed by atoms with Crippen molar-refractivity contribution in [3.8, 4) is 0 Å². The second-order valence-electron chi connectivity index (χ2n) is 5.51. The summed E-state index contributed by atoms with van der Waals surface area (Å²) < 4.78 is 27.4. The molecule has 2 rings (SSSR count). The number of pyridine rings is 1. The molecule has 0 saturated heterocycles. The lowest BCUT2D eigenvalue weighted by Gasteiger charge is -2.22. The Kier molecular flexibility index (Phi) is 5.12. The molecule has 0 spiro atoms. The summed E-state index contributed by atoms with van der Waals surface area (Å²) >= 11 is 0. The summed E-state index contributed by atoms with van der Waals surface area (Å²) in [5.74, 6) is 0.351. The molecular formula is C14H22N2O3S. The third kappa shape index (κ3) is 3.77. The van der Waals surface area contributed by atoms with Gasteiger partial charge < -0.3 is 5.11 Å². The van der Waals surface area contributed by atoms with Gasteiger partial charge in [0.1, 0.15) is 0 Å². The average Bonchev–Trinajstić information content (AvgIpc) is 2.64. The van der Waals surface area contributed by atoms with Gasteiger partial charge in [0.25, 0.3) is 10.0 Å². The van der Waals surface area contributed by atoms with Gasteiger partial charge in [-0.25, -0.2) is 18.1 Å². The number of aliphatic hydroxyl groups excluding tert-OH is 1. The van der Waals surface area contributed by atoms with Gasteiger partial charge in [0, 0.05) is 12.2 Å². The van der Waals surface area contributed by atoms with E-state index in [0.717, 1.165) is 19.3 Å². The molecule has 2 atom stereocenters. The van der Waals surface area contributed by atoms with Crippen LogP contribution >= 0.6 is 0 Å². The highest BCUT2D eigenvalue weighted by atomic mass is 32.2. The molecule has 5 nitrogen and oxygen atoms in total. The first-order valence-corrected chi connectivity index (χ1v) is 8.59. The number of nitrogens with zero attached hydrogens (tertiary/aromatic N) is 1. The summed E-state index contributed by atoms with van der Waals surface area (Å²) in [6, 6.07) is 3.01. The van der Waals surface area contributed by atoms with Gasteiger partial charge in [0.15, 0.2) is 5.03 Å². The third-order valence-corrected chi connectivity index (χ3v) is 5.33. The summed E-state index contributed by atoms with van der Waals surface area (Å²) in [5.41, 5.74) is 0.604. The number of hydrogen-bond donors (Lipinski definition) is 2. The van der Waals surface area contributed by atoms with Gasteiger partial charge in [-0.2, -0.15) is 0 Å². The molecule has 20 heavy (non-hydrogen) atoms. The van der Waals surface area contributed by atoms with Crippen LogP contribution in [0.25, 0.3) is 0 Å². The largest absolute Gasteiger partial charge is 0.392 e. The predicted molar refractivity (Wildman–Crippen MR) is 76.5 cm³/mol. The number of aliphatic hydroxyl groups is 1. The molecule has 1 saturated carbocycles. The van der Waals surface area contributed by atoms with Crippen LogP contribution in [-0.2, 0) is 16.6 Å². The van der Waals surface area contributed by atoms with E-state index in [0.29, 0.717) is 11.5 Å². The molecule has 1 aromatic rings. The van der Waals surface area contributed by atoms with Gasteiger partial charge in [-0.3, -0.25) is 0 Å². The fraction of sp³-hybridized carbons (Fsp3) is 0.643. The standard InChI is InChI=1S/C14H22N2O3S/c1-11-5-3-2-4-6-13(11)16-20(18,19)14-8-7-12(10-17)9-15-14/h7-9,11,13,16-17H,2-6,10H2,1H3. The van der Waals surface area contributed by atoms with Crippen molar-refractivity contribution in [3.63, 3.8) is 0 Å². The lowest BCUT2D eigenvalue weighted by molar-refractivity contribution is 0.281. The predicted octanol–water partition coefficient (Wildman–Crippen LogP) is 1.82. The molecule has 1 heterocycles. The fourth-order valence-corrected chi connectivity index (χ4v) is 3.90. The zero-order chi connectivity index (χ0) is 14.6. The Morgan fingerprint density at radius 2 is 2.05 bits per heavy atom. The van der Waals surface area contributed by atoms with E-state index in [2.05, 4.69) is 16.6 Å². The van der Waals surface area contributed by atoms with E-state index in [1.54, 1.807) is 6.07 Å². The van der Waals surface area contributed by atoms with Crippen molar-refractivity contribution >= 4 is 10.0 Å². The summed E-state index contributed by atoms with van der Waals surface area (Å²) in [6.07, 6.45) is 6.74. The minimum absolute atomic E-state index is 0.0122. The highest BCUT2D eigenvalue weighted by Crippen LogP contribution is 2.24. The molecule has 0 aliphatic heterocycles. The van der Waals surface area contributed by atoms with E-state index < -0.39 is 10.0 Å². The van der Waals surface area contributed by atoms with E-state index in [-0.39, 0.29) is 17.7 Å². The molecule has 0 bridgehead atoms. The van der Waals surface area contributed by atoms with Crippen molar-refractivity contribution in [2.24, 2.45) is 5.92 Å². The lowest BCUT2D eigenvalue weighted by atomic mass is 9.98. The maximum atomic E-state index is 12.3. The first-order valence-electron chi connectivity index (χ1n) is 7.11. The molecular weight excluding hydrogens is 276 g/mol. The zero-order valence-electron chi connectivity index (χ0n) is 11.7. The second kappa shape index (κ2) is 6.65. The monoisotopic (exact) mass is 298 g/mol. The van der Waals surface area contributed by atoms with E-state index in [1.165, 1.54) is 25.1 Å². The van der Waals surface area contributed by atoms with Crippen molar-refractivity contribution in [2.45, 2.75) is 56.7 Å². The Morgan fingerprint density at radius 3 is 2.70 bits per heavy atom. The van der Waals surface area contributed by atoms with Crippen LogP contribution in [0, 0.1) is 5.92 Å². The van der Waals surface area contributed by atoms with Crippen LogP contribution in [0.4, 0.5) is 0 Å². The summed E-state index contributed by atoms with van der Waals surface area (Å²) in [5, 5.41) is 8.97. The first kappa shape index (κ1) is 15.4. The van der Waals surface area contributed by atoms with Crippen LogP contribution in [0.5, 0.6) is 0 Å². The molecule has 6 heteroatoms. The molecule has 1 aliphatic carbocycles. The Morgan fingerprint density at radius 1 is 1.30 bits per heavy atom. The van der Waals surface area contributed by atoms with Crippen LogP contribution in [0.2, 0.25) is 0 Å². The van der Waals surface area contributed by atoms with Gasteiger partial charge in [-0.1, -0.05) is 32.3 Å². The van der Waals surface area contributed by atoms with E-state index >= 15 is 0 Å². The number of sulfonamides is 1. The molecule has 1 fully saturated rings. The second-order valence-corrected chi connectivity index (χ2v) is 7.17. The number of nitrogens with one attached hydrogen (secondary N) is 1. The van der Waals surface area contributed by atoms with Crippen molar-refractivity contribution in [3.05, 3.63) is 23.9 Å². The SMILES string of the molecule is CC1CCCCCC1NS(=O)(=O)c1ccc(CO)cn1. The van der Waals surface area contributed by atoms with Crippen LogP contribution < -0.4 is 4.72 Å². The summed E-state index contributed by atoms with van der Waals surface area (Å²) in [4.78, 5) is 3.92. The Hall–Kier alpha value is -0.980. The molecule has 2 unspecified atom stereocenters. The Balaban J connectivity index is 2.12. The summed E-state index contributed by atoms with van der Waals surface area (Å²) in [7, 11) is -3.58. The van der Waals surface area contributed by atoms with Gasteiger partial charge in [0.2, 0.25) is 0 Å². The molecule has 0 radical (unpaired) electrons. The molecule has 2 N–H and O–H groups in total. The first-order chi connectivity index (χ1) is 9.53. The zero-order valence-corrected chi connectivity index (χ0v) is 12.6. The smallest absolute Gasteiger partial charge is 0.258 e. The maximum Gasteiger partial charge on any atom is 0.258 e.